The zero-order valence-corrected chi connectivity index (χ0v) is 12.3. The molecule has 0 spiro atoms. The Hall–Kier alpha value is -2.15. The number of ether oxygens (including phenoxy) is 1. The highest BCUT2D eigenvalue weighted by Gasteiger charge is 2.24. The predicted molar refractivity (Wildman–Crippen MR) is 78.1 cm³/mol. The van der Waals surface area contributed by atoms with Crippen molar-refractivity contribution in [3.05, 3.63) is 29.6 Å². The van der Waals surface area contributed by atoms with Gasteiger partial charge in [0, 0.05) is 19.7 Å². The minimum absolute atomic E-state index is 0.0238. The minimum atomic E-state index is -0.628. The molecule has 0 aromatic heterocycles. The zero-order chi connectivity index (χ0) is 16.1. The van der Waals surface area contributed by atoms with E-state index in [1.54, 1.807) is 0 Å². The number of methoxy groups -OCH3 is 1. The third-order valence-electron chi connectivity index (χ3n) is 3.69. The molecule has 120 valence electrons. The highest BCUT2D eigenvalue weighted by atomic mass is 19.1. The average molecular weight is 310 g/mol. The standard InChI is InChI=1S/C15H19FN2O4/c1-22-14(20)11-4-5-12(16)13(7-11)17-15(21)18-6-2-3-10(8-18)9-19/h4-5,7,10,19H,2-3,6,8-9H2,1H3,(H,17,21). The molecule has 2 amide bonds. The Morgan fingerprint density at radius 1 is 1.50 bits per heavy atom. The van der Waals surface area contributed by atoms with Crippen molar-refractivity contribution in [1.82, 2.24) is 4.90 Å². The molecule has 0 radical (unpaired) electrons. The number of rotatable bonds is 3. The molecule has 0 bridgehead atoms. The summed E-state index contributed by atoms with van der Waals surface area (Å²) >= 11 is 0. The normalized spacial score (nSPS) is 18.0. The number of aliphatic hydroxyl groups excluding tert-OH is 1. The average Bonchev–Trinajstić information content (AvgIpc) is 2.56. The molecule has 22 heavy (non-hydrogen) atoms. The van der Waals surface area contributed by atoms with Crippen LogP contribution in [0.1, 0.15) is 23.2 Å². The van der Waals surface area contributed by atoms with Crippen LogP contribution in [0.25, 0.3) is 0 Å². The Bertz CT molecular complexity index is 564. The summed E-state index contributed by atoms with van der Waals surface area (Å²) in [4.78, 5) is 25.2. The van der Waals surface area contributed by atoms with E-state index in [1.165, 1.54) is 24.1 Å². The first kappa shape index (κ1) is 16.2. The van der Waals surface area contributed by atoms with Crippen LogP contribution in [0, 0.1) is 11.7 Å². The third-order valence-corrected chi connectivity index (χ3v) is 3.69. The van der Waals surface area contributed by atoms with E-state index in [-0.39, 0.29) is 23.8 Å². The zero-order valence-electron chi connectivity index (χ0n) is 12.3. The van der Waals surface area contributed by atoms with Crippen LogP contribution in [-0.2, 0) is 4.74 Å². The molecule has 2 rings (SSSR count). The number of aliphatic hydroxyl groups is 1. The Morgan fingerprint density at radius 3 is 2.95 bits per heavy atom. The number of esters is 1. The molecular weight excluding hydrogens is 291 g/mol. The molecule has 1 unspecified atom stereocenters. The number of hydrogen-bond acceptors (Lipinski definition) is 4. The van der Waals surface area contributed by atoms with Gasteiger partial charge in [-0.1, -0.05) is 0 Å². The van der Waals surface area contributed by atoms with E-state index in [2.05, 4.69) is 10.1 Å². The van der Waals surface area contributed by atoms with Crippen molar-refractivity contribution < 1.29 is 23.8 Å². The van der Waals surface area contributed by atoms with E-state index in [0.717, 1.165) is 18.9 Å². The predicted octanol–water partition coefficient (Wildman–Crippen LogP) is 1.85. The summed E-state index contributed by atoms with van der Waals surface area (Å²) in [6.07, 6.45) is 1.66. The number of nitrogens with one attached hydrogen (secondary N) is 1. The lowest BCUT2D eigenvalue weighted by atomic mass is 9.99. The molecule has 1 aromatic rings. The van der Waals surface area contributed by atoms with Crippen LogP contribution in [0.15, 0.2) is 18.2 Å². The van der Waals surface area contributed by atoms with E-state index < -0.39 is 17.8 Å². The summed E-state index contributed by atoms with van der Waals surface area (Å²) in [6.45, 7) is 1.01. The number of nitrogens with zero attached hydrogens (tertiary/aromatic N) is 1. The number of hydrogen-bond donors (Lipinski definition) is 2. The van der Waals surface area contributed by atoms with Gasteiger partial charge in [-0.05, 0) is 37.0 Å². The number of anilines is 1. The molecular formula is C15H19FN2O4. The van der Waals surface area contributed by atoms with Crippen LogP contribution in [0.4, 0.5) is 14.9 Å². The Balaban J connectivity index is 2.09. The van der Waals surface area contributed by atoms with Gasteiger partial charge in [0.25, 0.3) is 0 Å². The van der Waals surface area contributed by atoms with E-state index in [4.69, 9.17) is 0 Å². The van der Waals surface area contributed by atoms with Crippen LogP contribution in [0.2, 0.25) is 0 Å². The Kier molecular flexibility index (Phi) is 5.32. The van der Waals surface area contributed by atoms with Crippen molar-refractivity contribution >= 4 is 17.7 Å². The number of urea groups is 1. The fraction of sp³-hybridized carbons (Fsp3) is 0.467. The molecule has 7 heteroatoms. The lowest BCUT2D eigenvalue weighted by molar-refractivity contribution is 0.0600. The molecule has 1 fully saturated rings. The fourth-order valence-electron chi connectivity index (χ4n) is 2.46. The molecule has 1 aromatic carbocycles. The molecule has 1 atom stereocenters. The fourth-order valence-corrected chi connectivity index (χ4v) is 2.46. The number of amides is 2. The molecule has 1 aliphatic rings. The number of carbonyl (C=O) groups excluding carboxylic acids is 2. The number of halogens is 1. The van der Waals surface area contributed by atoms with E-state index in [1.807, 2.05) is 0 Å². The summed E-state index contributed by atoms with van der Waals surface area (Å²) in [5.74, 6) is -1.18. The van der Waals surface area contributed by atoms with Crippen molar-refractivity contribution in [2.75, 3.05) is 32.1 Å². The summed E-state index contributed by atoms with van der Waals surface area (Å²) in [5.41, 5.74) is 0.0881. The van der Waals surface area contributed by atoms with Gasteiger partial charge in [-0.15, -0.1) is 0 Å². The van der Waals surface area contributed by atoms with Gasteiger partial charge in [0.05, 0.1) is 18.4 Å². The Labute approximate surface area is 127 Å². The lowest BCUT2D eigenvalue weighted by Crippen LogP contribution is -2.43. The molecule has 2 N–H and O–H groups in total. The highest BCUT2D eigenvalue weighted by Crippen LogP contribution is 2.20. The van der Waals surface area contributed by atoms with Gasteiger partial charge >= 0.3 is 12.0 Å². The second-order valence-electron chi connectivity index (χ2n) is 5.25. The van der Waals surface area contributed by atoms with Gasteiger partial charge in [-0.2, -0.15) is 0 Å². The van der Waals surface area contributed by atoms with Gasteiger partial charge in [0.15, 0.2) is 0 Å². The van der Waals surface area contributed by atoms with E-state index in [0.29, 0.717) is 13.1 Å². The molecule has 1 aliphatic heterocycles. The first-order valence-corrected chi connectivity index (χ1v) is 7.09. The highest BCUT2D eigenvalue weighted by molar-refractivity contribution is 5.94. The maximum absolute atomic E-state index is 13.8. The molecule has 1 heterocycles. The van der Waals surface area contributed by atoms with Crippen LogP contribution in [-0.4, -0.2) is 48.8 Å². The van der Waals surface area contributed by atoms with Crippen LogP contribution in [0.3, 0.4) is 0 Å². The molecule has 0 aliphatic carbocycles. The second-order valence-corrected chi connectivity index (χ2v) is 5.25. The number of likely N-dealkylation sites (tertiary alicyclic amines) is 1. The molecule has 1 saturated heterocycles. The van der Waals surface area contributed by atoms with Gasteiger partial charge < -0.3 is 20.1 Å². The monoisotopic (exact) mass is 310 g/mol. The number of piperidine rings is 1. The quantitative estimate of drug-likeness (QED) is 0.835. The van der Waals surface area contributed by atoms with Crippen LogP contribution in [0.5, 0.6) is 0 Å². The van der Waals surface area contributed by atoms with Crippen LogP contribution >= 0.6 is 0 Å². The SMILES string of the molecule is COC(=O)c1ccc(F)c(NC(=O)N2CCCC(CO)C2)c1. The van der Waals surface area contributed by atoms with Gasteiger partial charge in [-0.25, -0.2) is 14.0 Å². The summed E-state index contributed by atoms with van der Waals surface area (Å²) in [6, 6.07) is 3.19. The van der Waals surface area contributed by atoms with E-state index >= 15 is 0 Å². The summed E-state index contributed by atoms with van der Waals surface area (Å²) in [5, 5.41) is 11.6. The summed E-state index contributed by atoms with van der Waals surface area (Å²) < 4.78 is 18.4. The van der Waals surface area contributed by atoms with Crippen molar-refractivity contribution in [3.63, 3.8) is 0 Å². The van der Waals surface area contributed by atoms with Gasteiger partial charge in [0.2, 0.25) is 0 Å². The topological polar surface area (TPSA) is 78.9 Å². The van der Waals surface area contributed by atoms with Crippen molar-refractivity contribution in [3.8, 4) is 0 Å². The van der Waals surface area contributed by atoms with Gasteiger partial charge in [0.1, 0.15) is 5.82 Å². The summed E-state index contributed by atoms with van der Waals surface area (Å²) in [7, 11) is 1.23. The lowest BCUT2D eigenvalue weighted by Gasteiger charge is -2.31. The van der Waals surface area contributed by atoms with Crippen LogP contribution < -0.4 is 5.32 Å². The smallest absolute Gasteiger partial charge is 0.337 e. The largest absolute Gasteiger partial charge is 0.465 e. The van der Waals surface area contributed by atoms with Crippen molar-refractivity contribution in [2.24, 2.45) is 5.92 Å². The molecule has 0 saturated carbocycles. The first-order valence-electron chi connectivity index (χ1n) is 7.09. The number of benzene rings is 1. The number of carbonyl (C=O) groups is 2. The second kappa shape index (κ2) is 7.22. The maximum Gasteiger partial charge on any atom is 0.337 e. The van der Waals surface area contributed by atoms with E-state index in [9.17, 15) is 19.1 Å². The molecule has 6 nitrogen and oxygen atoms in total. The van der Waals surface area contributed by atoms with Crippen molar-refractivity contribution in [1.29, 1.82) is 0 Å². The maximum atomic E-state index is 13.8. The van der Waals surface area contributed by atoms with Crippen molar-refractivity contribution in [2.45, 2.75) is 12.8 Å². The Morgan fingerprint density at radius 2 is 2.27 bits per heavy atom. The first-order chi connectivity index (χ1) is 10.5. The third kappa shape index (κ3) is 3.73. The van der Waals surface area contributed by atoms with Gasteiger partial charge in [-0.3, -0.25) is 0 Å². The minimum Gasteiger partial charge on any atom is -0.465 e.